The van der Waals surface area contributed by atoms with E-state index in [1.165, 1.54) is 0 Å². The number of rotatable bonds is 5. The number of para-hydroxylation sites is 1. The van der Waals surface area contributed by atoms with Gasteiger partial charge >= 0.3 is 0 Å². The second-order valence-electron chi connectivity index (χ2n) is 3.59. The van der Waals surface area contributed by atoms with Gasteiger partial charge in [-0.2, -0.15) is 5.26 Å². The molecule has 1 amide bonds. The molecule has 1 rings (SSSR count). The second kappa shape index (κ2) is 5.75. The van der Waals surface area contributed by atoms with Crippen LogP contribution >= 0.6 is 0 Å². The van der Waals surface area contributed by atoms with E-state index in [2.05, 4.69) is 6.07 Å². The van der Waals surface area contributed by atoms with Crippen LogP contribution in [0.15, 0.2) is 18.2 Å². The van der Waals surface area contributed by atoms with Crippen molar-refractivity contribution in [1.29, 1.82) is 5.26 Å². The van der Waals surface area contributed by atoms with Gasteiger partial charge < -0.3 is 16.4 Å². The first-order valence-electron chi connectivity index (χ1n) is 5.42. The number of nitrogens with zero attached hydrogens (tertiary/aromatic N) is 2. The lowest BCUT2D eigenvalue weighted by Crippen LogP contribution is -2.26. The normalized spacial score (nSPS) is 9.65. The van der Waals surface area contributed by atoms with Gasteiger partial charge in [0.1, 0.15) is 0 Å². The number of nitrogen functional groups attached to an aromatic ring is 1. The molecule has 0 spiro atoms. The Morgan fingerprint density at radius 2 is 2.24 bits per heavy atom. The van der Waals surface area contributed by atoms with Crippen LogP contribution in [0.1, 0.15) is 23.7 Å². The number of benzene rings is 1. The summed E-state index contributed by atoms with van der Waals surface area (Å²) in [6, 6.07) is 7.24. The lowest BCUT2D eigenvalue weighted by Gasteiger charge is -2.24. The molecular weight excluding hydrogens is 216 g/mol. The molecule has 17 heavy (non-hydrogen) atoms. The van der Waals surface area contributed by atoms with Crippen LogP contribution in [0.25, 0.3) is 0 Å². The topological polar surface area (TPSA) is 96.1 Å². The van der Waals surface area contributed by atoms with Crippen LogP contribution in [0.4, 0.5) is 11.4 Å². The molecule has 0 bridgehead atoms. The predicted octanol–water partition coefficient (Wildman–Crippen LogP) is 1.11. The number of nitrogens with two attached hydrogens (primary N) is 2. The lowest BCUT2D eigenvalue weighted by molar-refractivity contribution is 0.100. The number of hydrogen-bond donors (Lipinski definition) is 2. The molecule has 90 valence electrons. The number of primary amides is 1. The zero-order valence-electron chi connectivity index (χ0n) is 9.81. The van der Waals surface area contributed by atoms with Gasteiger partial charge in [-0.15, -0.1) is 0 Å². The molecule has 5 heteroatoms. The first-order valence-corrected chi connectivity index (χ1v) is 5.42. The maximum atomic E-state index is 11.2. The summed E-state index contributed by atoms with van der Waals surface area (Å²) in [5, 5.41) is 8.59. The van der Waals surface area contributed by atoms with E-state index in [-0.39, 0.29) is 0 Å². The second-order valence-corrected chi connectivity index (χ2v) is 3.59. The average Bonchev–Trinajstić information content (AvgIpc) is 2.31. The van der Waals surface area contributed by atoms with Gasteiger partial charge in [0.25, 0.3) is 5.91 Å². The van der Waals surface area contributed by atoms with Crippen molar-refractivity contribution in [2.45, 2.75) is 13.3 Å². The van der Waals surface area contributed by atoms with E-state index in [9.17, 15) is 4.79 Å². The quantitative estimate of drug-likeness (QED) is 0.743. The van der Waals surface area contributed by atoms with Crippen molar-refractivity contribution in [1.82, 2.24) is 0 Å². The molecule has 0 aliphatic rings. The maximum absolute atomic E-state index is 11.2. The van der Waals surface area contributed by atoms with E-state index in [0.29, 0.717) is 30.8 Å². The van der Waals surface area contributed by atoms with Gasteiger partial charge in [0.05, 0.1) is 29.4 Å². The van der Waals surface area contributed by atoms with Crippen molar-refractivity contribution in [3.05, 3.63) is 23.8 Å². The lowest BCUT2D eigenvalue weighted by atomic mass is 10.1. The van der Waals surface area contributed by atoms with Crippen LogP contribution < -0.4 is 16.4 Å². The molecule has 4 N–H and O–H groups in total. The minimum absolute atomic E-state index is 0.318. The highest BCUT2D eigenvalue weighted by Crippen LogP contribution is 2.26. The third kappa shape index (κ3) is 2.88. The standard InChI is InChI=1S/C12H16N4O/c1-2-16(8-4-7-13)10-6-3-5-9(11(10)14)12(15)17/h3,5-6H,2,4,8,14H2,1H3,(H2,15,17). The zero-order chi connectivity index (χ0) is 12.8. The minimum atomic E-state index is -0.541. The molecule has 0 aliphatic heterocycles. The number of hydrogen-bond acceptors (Lipinski definition) is 4. The van der Waals surface area contributed by atoms with Crippen LogP contribution in [0, 0.1) is 11.3 Å². The summed E-state index contributed by atoms with van der Waals surface area (Å²) in [5.74, 6) is -0.541. The van der Waals surface area contributed by atoms with Gasteiger partial charge in [-0.1, -0.05) is 6.07 Å². The van der Waals surface area contributed by atoms with Crippen molar-refractivity contribution in [3.8, 4) is 6.07 Å². The van der Waals surface area contributed by atoms with Gasteiger partial charge in [-0.25, -0.2) is 0 Å². The smallest absolute Gasteiger partial charge is 0.250 e. The Labute approximate surface area is 101 Å². The maximum Gasteiger partial charge on any atom is 0.250 e. The molecule has 0 atom stereocenters. The van der Waals surface area contributed by atoms with E-state index in [1.807, 2.05) is 17.9 Å². The summed E-state index contributed by atoms with van der Waals surface area (Å²) in [6.07, 6.45) is 0.411. The molecule has 5 nitrogen and oxygen atoms in total. The fourth-order valence-electron chi connectivity index (χ4n) is 1.68. The highest BCUT2D eigenvalue weighted by Gasteiger charge is 2.13. The van der Waals surface area contributed by atoms with Gasteiger partial charge in [0, 0.05) is 13.1 Å². The summed E-state index contributed by atoms with van der Waals surface area (Å²) < 4.78 is 0. The van der Waals surface area contributed by atoms with Crippen LogP contribution in [-0.2, 0) is 0 Å². The number of anilines is 2. The summed E-state index contributed by atoms with van der Waals surface area (Å²) in [6.45, 7) is 3.27. The first-order chi connectivity index (χ1) is 8.11. The van der Waals surface area contributed by atoms with Crippen molar-refractivity contribution in [2.75, 3.05) is 23.7 Å². The fourth-order valence-corrected chi connectivity index (χ4v) is 1.68. The van der Waals surface area contributed by atoms with Crippen molar-refractivity contribution in [2.24, 2.45) is 5.73 Å². The van der Waals surface area contributed by atoms with E-state index in [4.69, 9.17) is 16.7 Å². The molecule has 0 unspecified atom stereocenters. The van der Waals surface area contributed by atoms with Gasteiger partial charge in [0.2, 0.25) is 0 Å². The molecule has 0 aromatic heterocycles. The van der Waals surface area contributed by atoms with Gasteiger partial charge in [-0.3, -0.25) is 4.79 Å². The third-order valence-electron chi connectivity index (χ3n) is 2.56. The number of amides is 1. The molecule has 0 heterocycles. The highest BCUT2D eigenvalue weighted by molar-refractivity contribution is 6.00. The molecule has 0 saturated heterocycles. The van der Waals surface area contributed by atoms with Crippen LogP contribution in [-0.4, -0.2) is 19.0 Å². The minimum Gasteiger partial charge on any atom is -0.396 e. The number of carbonyl (C=O) groups excluding carboxylic acids is 1. The Bertz CT molecular complexity index is 450. The highest BCUT2D eigenvalue weighted by atomic mass is 16.1. The summed E-state index contributed by atoms with van der Waals surface area (Å²) in [4.78, 5) is 13.1. The summed E-state index contributed by atoms with van der Waals surface area (Å²) in [5.41, 5.74) is 12.6. The van der Waals surface area contributed by atoms with Crippen LogP contribution in [0.3, 0.4) is 0 Å². The summed E-state index contributed by atoms with van der Waals surface area (Å²) >= 11 is 0. The number of carbonyl (C=O) groups is 1. The third-order valence-corrected chi connectivity index (χ3v) is 2.56. The van der Waals surface area contributed by atoms with E-state index >= 15 is 0 Å². The average molecular weight is 232 g/mol. The van der Waals surface area contributed by atoms with E-state index in [0.717, 1.165) is 5.69 Å². The number of nitriles is 1. The van der Waals surface area contributed by atoms with E-state index in [1.54, 1.807) is 12.1 Å². The Kier molecular flexibility index (Phi) is 4.35. The zero-order valence-corrected chi connectivity index (χ0v) is 9.81. The molecule has 0 saturated carbocycles. The summed E-state index contributed by atoms with van der Waals surface area (Å²) in [7, 11) is 0. The fraction of sp³-hybridized carbons (Fsp3) is 0.333. The van der Waals surface area contributed by atoms with E-state index < -0.39 is 5.91 Å². The van der Waals surface area contributed by atoms with Crippen molar-refractivity contribution in [3.63, 3.8) is 0 Å². The molecular formula is C12H16N4O. The Balaban J connectivity index is 3.08. The molecule has 0 radical (unpaired) electrons. The predicted molar refractivity (Wildman–Crippen MR) is 67.5 cm³/mol. The first kappa shape index (κ1) is 12.8. The molecule has 0 fully saturated rings. The molecule has 1 aromatic rings. The largest absolute Gasteiger partial charge is 0.396 e. The Morgan fingerprint density at radius 1 is 1.53 bits per heavy atom. The SMILES string of the molecule is CCN(CCC#N)c1cccc(C(N)=O)c1N. The molecule has 1 aromatic carbocycles. The Morgan fingerprint density at radius 3 is 2.76 bits per heavy atom. The Hall–Kier alpha value is -2.22. The molecule has 0 aliphatic carbocycles. The van der Waals surface area contributed by atoms with Crippen LogP contribution in [0.5, 0.6) is 0 Å². The van der Waals surface area contributed by atoms with Gasteiger partial charge in [-0.05, 0) is 19.1 Å². The van der Waals surface area contributed by atoms with Crippen LogP contribution in [0.2, 0.25) is 0 Å². The van der Waals surface area contributed by atoms with Crippen molar-refractivity contribution < 1.29 is 4.79 Å². The monoisotopic (exact) mass is 232 g/mol. The van der Waals surface area contributed by atoms with Gasteiger partial charge in [0.15, 0.2) is 0 Å². The van der Waals surface area contributed by atoms with Crippen molar-refractivity contribution >= 4 is 17.3 Å².